The van der Waals surface area contributed by atoms with E-state index >= 15 is 0 Å². The van der Waals surface area contributed by atoms with Crippen LogP contribution in [0.25, 0.3) is 32.7 Å². The lowest BCUT2D eigenvalue weighted by Crippen LogP contribution is -2.14. The zero-order chi connectivity index (χ0) is 17.7. The topological polar surface area (TPSA) is 65.2 Å². The minimum atomic E-state index is -0.341. The highest BCUT2D eigenvalue weighted by atomic mass is 16.3. The summed E-state index contributed by atoms with van der Waals surface area (Å²) >= 11 is 0. The molecular weight excluding hydrogens is 320 g/mol. The summed E-state index contributed by atoms with van der Waals surface area (Å²) in [5.74, 6) is 0. The van der Waals surface area contributed by atoms with Crippen LogP contribution in [-0.4, -0.2) is 0 Å². The Morgan fingerprint density at radius 2 is 1.31 bits per heavy atom. The molecule has 1 atom stereocenters. The van der Waals surface area contributed by atoms with E-state index in [-0.39, 0.29) is 6.04 Å². The molecule has 0 aliphatic heterocycles. The van der Waals surface area contributed by atoms with E-state index in [0.29, 0.717) is 5.69 Å². The third-order valence-corrected chi connectivity index (χ3v) is 5.09. The van der Waals surface area contributed by atoms with E-state index in [4.69, 9.17) is 15.9 Å². The van der Waals surface area contributed by atoms with E-state index in [1.807, 2.05) is 48.5 Å². The van der Waals surface area contributed by atoms with E-state index in [2.05, 4.69) is 30.3 Å². The fourth-order valence-electron chi connectivity index (χ4n) is 3.75. The third-order valence-electron chi connectivity index (χ3n) is 5.09. The largest absolute Gasteiger partial charge is 0.455 e. The number of fused-ring (bicyclic) bond motifs is 5. The van der Waals surface area contributed by atoms with Gasteiger partial charge in [-0.25, -0.2) is 0 Å². The van der Waals surface area contributed by atoms with E-state index in [9.17, 15) is 0 Å². The van der Waals surface area contributed by atoms with E-state index in [0.717, 1.165) is 43.8 Å². The Kier molecular flexibility index (Phi) is 3.24. The molecule has 0 saturated heterocycles. The van der Waals surface area contributed by atoms with Gasteiger partial charge in [-0.15, -0.1) is 0 Å². The van der Waals surface area contributed by atoms with Crippen molar-refractivity contribution >= 4 is 38.4 Å². The van der Waals surface area contributed by atoms with Gasteiger partial charge in [0.15, 0.2) is 0 Å². The Morgan fingerprint density at radius 3 is 2.19 bits per heavy atom. The predicted molar refractivity (Wildman–Crippen MR) is 108 cm³/mol. The summed E-state index contributed by atoms with van der Waals surface area (Å²) in [6, 6.07) is 26.0. The highest BCUT2D eigenvalue weighted by Crippen LogP contribution is 2.38. The first kappa shape index (κ1) is 15.0. The van der Waals surface area contributed by atoms with Gasteiger partial charge in [0, 0.05) is 27.4 Å². The van der Waals surface area contributed by atoms with Crippen molar-refractivity contribution in [1.82, 2.24) is 0 Å². The van der Waals surface area contributed by atoms with Crippen LogP contribution in [0.15, 0.2) is 83.3 Å². The molecule has 3 nitrogen and oxygen atoms in total. The van der Waals surface area contributed by atoms with Gasteiger partial charge in [0.25, 0.3) is 0 Å². The number of nitrogens with two attached hydrogens (primary N) is 2. The average molecular weight is 338 g/mol. The van der Waals surface area contributed by atoms with Gasteiger partial charge in [0.1, 0.15) is 11.2 Å². The SMILES string of the molecule is Nc1ccccc1C(N)c1cccc2c1oc1c3ccccc3ccc21. The van der Waals surface area contributed by atoms with Gasteiger partial charge in [0.2, 0.25) is 0 Å². The Balaban J connectivity index is 1.82. The van der Waals surface area contributed by atoms with Gasteiger partial charge in [0.05, 0.1) is 6.04 Å². The minimum Gasteiger partial charge on any atom is -0.455 e. The van der Waals surface area contributed by atoms with Crippen molar-refractivity contribution in [3.8, 4) is 0 Å². The van der Waals surface area contributed by atoms with Crippen LogP contribution >= 0.6 is 0 Å². The molecule has 0 saturated carbocycles. The highest BCUT2D eigenvalue weighted by molar-refractivity contribution is 6.15. The van der Waals surface area contributed by atoms with Crippen molar-refractivity contribution < 1.29 is 4.42 Å². The maximum absolute atomic E-state index is 6.58. The van der Waals surface area contributed by atoms with Gasteiger partial charge < -0.3 is 15.9 Å². The molecule has 3 heteroatoms. The smallest absolute Gasteiger partial charge is 0.143 e. The minimum absolute atomic E-state index is 0.341. The van der Waals surface area contributed by atoms with Crippen molar-refractivity contribution in [1.29, 1.82) is 0 Å². The van der Waals surface area contributed by atoms with E-state index < -0.39 is 0 Å². The fraction of sp³-hybridized carbons (Fsp3) is 0.0435. The molecule has 0 fully saturated rings. The fourth-order valence-corrected chi connectivity index (χ4v) is 3.75. The standard InChI is InChI=1S/C23H18N2O/c24-20-11-4-3-8-18(20)21(25)19-10-5-9-16-17-13-12-14-6-1-2-7-15(14)22(17)26-23(16)19/h1-13,21H,24-25H2. The van der Waals surface area contributed by atoms with Crippen LogP contribution in [0.5, 0.6) is 0 Å². The number of para-hydroxylation sites is 2. The molecule has 1 heterocycles. The number of hydrogen-bond acceptors (Lipinski definition) is 3. The van der Waals surface area contributed by atoms with Gasteiger partial charge in [-0.3, -0.25) is 0 Å². The monoisotopic (exact) mass is 338 g/mol. The molecule has 0 aliphatic carbocycles. The molecule has 0 aliphatic rings. The maximum atomic E-state index is 6.58. The van der Waals surface area contributed by atoms with Crippen molar-refractivity contribution in [2.75, 3.05) is 5.73 Å². The molecule has 5 rings (SSSR count). The molecule has 4 N–H and O–H groups in total. The molecule has 126 valence electrons. The summed E-state index contributed by atoms with van der Waals surface area (Å²) in [5, 5.41) is 4.46. The lowest BCUT2D eigenvalue weighted by atomic mass is 9.96. The number of rotatable bonds is 2. The number of benzene rings is 4. The molecule has 5 aromatic rings. The first-order chi connectivity index (χ1) is 12.7. The van der Waals surface area contributed by atoms with E-state index in [1.54, 1.807) is 0 Å². The van der Waals surface area contributed by atoms with Crippen molar-refractivity contribution in [3.05, 3.63) is 90.0 Å². The summed E-state index contributed by atoms with van der Waals surface area (Å²) in [6.07, 6.45) is 0. The van der Waals surface area contributed by atoms with Gasteiger partial charge >= 0.3 is 0 Å². The van der Waals surface area contributed by atoms with Crippen LogP contribution in [0.3, 0.4) is 0 Å². The Hall–Kier alpha value is -3.30. The molecule has 4 aromatic carbocycles. The van der Waals surface area contributed by atoms with Crippen LogP contribution in [0.4, 0.5) is 5.69 Å². The van der Waals surface area contributed by atoms with Crippen LogP contribution in [-0.2, 0) is 0 Å². The molecule has 1 unspecified atom stereocenters. The van der Waals surface area contributed by atoms with Crippen molar-refractivity contribution in [3.63, 3.8) is 0 Å². The lowest BCUT2D eigenvalue weighted by Gasteiger charge is -2.15. The van der Waals surface area contributed by atoms with Gasteiger partial charge in [-0.1, -0.05) is 66.7 Å². The van der Waals surface area contributed by atoms with Gasteiger partial charge in [-0.2, -0.15) is 0 Å². The first-order valence-electron chi connectivity index (χ1n) is 8.67. The van der Waals surface area contributed by atoms with Crippen molar-refractivity contribution in [2.45, 2.75) is 6.04 Å². The molecule has 0 spiro atoms. The summed E-state index contributed by atoms with van der Waals surface area (Å²) in [5.41, 5.74) is 17.0. The Bertz CT molecular complexity index is 1270. The maximum Gasteiger partial charge on any atom is 0.143 e. The van der Waals surface area contributed by atoms with Crippen molar-refractivity contribution in [2.24, 2.45) is 5.73 Å². The Labute approximate surface area is 150 Å². The summed E-state index contributed by atoms with van der Waals surface area (Å²) in [4.78, 5) is 0. The zero-order valence-corrected chi connectivity index (χ0v) is 14.1. The lowest BCUT2D eigenvalue weighted by molar-refractivity contribution is 0.661. The zero-order valence-electron chi connectivity index (χ0n) is 14.1. The molecule has 0 amide bonds. The number of hydrogen-bond donors (Lipinski definition) is 2. The van der Waals surface area contributed by atoms with Gasteiger partial charge in [-0.05, 0) is 23.1 Å². The van der Waals surface area contributed by atoms with Crippen LogP contribution in [0, 0.1) is 0 Å². The van der Waals surface area contributed by atoms with Crippen LogP contribution < -0.4 is 11.5 Å². The number of furan rings is 1. The second-order valence-electron chi connectivity index (χ2n) is 6.60. The quantitative estimate of drug-likeness (QED) is 0.425. The Morgan fingerprint density at radius 1 is 0.615 bits per heavy atom. The average Bonchev–Trinajstić information content (AvgIpc) is 3.07. The molecule has 1 aromatic heterocycles. The summed E-state index contributed by atoms with van der Waals surface area (Å²) < 4.78 is 6.36. The molecule has 0 radical (unpaired) electrons. The molecule has 26 heavy (non-hydrogen) atoms. The normalized spacial score (nSPS) is 12.8. The summed E-state index contributed by atoms with van der Waals surface area (Å²) in [6.45, 7) is 0. The molecule has 0 bridgehead atoms. The second-order valence-corrected chi connectivity index (χ2v) is 6.60. The van der Waals surface area contributed by atoms with Crippen LogP contribution in [0.1, 0.15) is 17.2 Å². The highest BCUT2D eigenvalue weighted by Gasteiger charge is 2.19. The second kappa shape index (κ2) is 5.61. The van der Waals surface area contributed by atoms with E-state index in [1.165, 1.54) is 0 Å². The number of nitrogen functional groups attached to an aromatic ring is 1. The summed E-state index contributed by atoms with van der Waals surface area (Å²) in [7, 11) is 0. The first-order valence-corrected chi connectivity index (χ1v) is 8.67. The number of anilines is 1. The molecular formula is C23H18N2O. The predicted octanol–water partition coefficient (Wildman–Crippen LogP) is 5.37. The van der Waals surface area contributed by atoms with Crippen LogP contribution in [0.2, 0.25) is 0 Å². The third kappa shape index (κ3) is 2.11.